The molecule has 0 aliphatic carbocycles. The summed E-state index contributed by atoms with van der Waals surface area (Å²) >= 11 is 0. The summed E-state index contributed by atoms with van der Waals surface area (Å²) in [6, 6.07) is 16.9. The minimum Gasteiger partial charge on any atom is -0.389 e. The van der Waals surface area contributed by atoms with Gasteiger partial charge in [-0.25, -0.2) is 4.79 Å². The highest BCUT2D eigenvalue weighted by atomic mass is 19.4. The van der Waals surface area contributed by atoms with Gasteiger partial charge in [-0.1, -0.05) is 24.3 Å². The number of aliphatic hydroxyl groups is 1. The van der Waals surface area contributed by atoms with Crippen LogP contribution in [0, 0.1) is 0 Å². The van der Waals surface area contributed by atoms with Crippen molar-refractivity contribution < 1.29 is 23.1 Å². The van der Waals surface area contributed by atoms with Crippen molar-refractivity contribution in [3.63, 3.8) is 0 Å². The number of benzene rings is 3. The van der Waals surface area contributed by atoms with E-state index in [4.69, 9.17) is 0 Å². The van der Waals surface area contributed by atoms with Gasteiger partial charge >= 0.3 is 12.2 Å². The molecule has 0 aliphatic heterocycles. The van der Waals surface area contributed by atoms with Crippen LogP contribution < -0.4 is 10.6 Å². The van der Waals surface area contributed by atoms with Gasteiger partial charge < -0.3 is 20.7 Å². The average Bonchev–Trinajstić information content (AvgIpc) is 3.15. The monoisotopic (exact) mass is 439 g/mol. The summed E-state index contributed by atoms with van der Waals surface area (Å²) in [6.45, 7) is 1.70. The van der Waals surface area contributed by atoms with E-state index in [2.05, 4.69) is 15.6 Å². The van der Waals surface area contributed by atoms with E-state index in [1.54, 1.807) is 13.1 Å². The molecule has 8 heteroatoms. The molecule has 0 spiro atoms. The molecule has 0 aliphatic rings. The number of hydrogen-bond acceptors (Lipinski definition) is 2. The predicted octanol–water partition coefficient (Wildman–Crippen LogP) is 6.55. The minimum absolute atomic E-state index is 0.242. The molecule has 3 aromatic carbocycles. The molecule has 32 heavy (non-hydrogen) atoms. The van der Waals surface area contributed by atoms with E-state index in [1.807, 2.05) is 42.5 Å². The predicted molar refractivity (Wildman–Crippen MR) is 118 cm³/mol. The van der Waals surface area contributed by atoms with Crippen LogP contribution in [-0.2, 0) is 6.18 Å². The Kier molecular flexibility index (Phi) is 5.63. The maximum atomic E-state index is 12.7. The molecule has 0 saturated carbocycles. The summed E-state index contributed by atoms with van der Waals surface area (Å²) in [5.74, 6) is 0. The molecule has 1 aromatic heterocycles. The molecule has 4 aromatic rings. The summed E-state index contributed by atoms with van der Waals surface area (Å²) in [4.78, 5) is 15.5. The van der Waals surface area contributed by atoms with Crippen molar-refractivity contribution in [2.24, 2.45) is 0 Å². The van der Waals surface area contributed by atoms with Gasteiger partial charge in [0, 0.05) is 22.8 Å². The van der Waals surface area contributed by atoms with E-state index in [1.165, 1.54) is 12.1 Å². The number of anilines is 2. The van der Waals surface area contributed by atoms with Crippen LogP contribution in [0.1, 0.15) is 24.2 Å². The van der Waals surface area contributed by atoms with Gasteiger partial charge in [0.2, 0.25) is 0 Å². The molecule has 1 heterocycles. The number of fused-ring (bicyclic) bond motifs is 1. The van der Waals surface area contributed by atoms with Gasteiger partial charge in [0.1, 0.15) is 0 Å². The highest BCUT2D eigenvalue weighted by Crippen LogP contribution is 2.31. The van der Waals surface area contributed by atoms with Crippen LogP contribution in [0.4, 0.5) is 29.3 Å². The third-order valence-electron chi connectivity index (χ3n) is 5.10. The van der Waals surface area contributed by atoms with Crippen molar-refractivity contribution in [1.29, 1.82) is 0 Å². The number of carbonyl (C=O) groups is 1. The van der Waals surface area contributed by atoms with Crippen LogP contribution >= 0.6 is 0 Å². The van der Waals surface area contributed by atoms with Gasteiger partial charge in [-0.2, -0.15) is 13.2 Å². The quantitative estimate of drug-likeness (QED) is 0.291. The number of H-pyrrole nitrogens is 1. The van der Waals surface area contributed by atoms with Crippen molar-refractivity contribution in [2.75, 3.05) is 10.6 Å². The van der Waals surface area contributed by atoms with Crippen molar-refractivity contribution in [3.05, 3.63) is 84.1 Å². The number of amides is 2. The summed E-state index contributed by atoms with van der Waals surface area (Å²) in [5.41, 5.74) is 3.42. The molecule has 164 valence electrons. The summed E-state index contributed by atoms with van der Waals surface area (Å²) in [7, 11) is 0. The number of urea groups is 1. The topological polar surface area (TPSA) is 77.2 Å². The molecule has 0 saturated heterocycles. The van der Waals surface area contributed by atoms with Gasteiger partial charge in [-0.15, -0.1) is 0 Å². The molecule has 0 fully saturated rings. The lowest BCUT2D eigenvalue weighted by Crippen LogP contribution is -2.19. The van der Waals surface area contributed by atoms with E-state index >= 15 is 0 Å². The number of aliphatic hydroxyl groups excluding tert-OH is 1. The molecule has 5 nitrogen and oxygen atoms in total. The lowest BCUT2D eigenvalue weighted by molar-refractivity contribution is -0.137. The highest BCUT2D eigenvalue weighted by molar-refractivity contribution is 6.06. The van der Waals surface area contributed by atoms with Gasteiger partial charge in [-0.3, -0.25) is 0 Å². The maximum Gasteiger partial charge on any atom is 0.416 e. The first-order valence-corrected chi connectivity index (χ1v) is 9.85. The van der Waals surface area contributed by atoms with Gasteiger partial charge in [-0.05, 0) is 66.1 Å². The van der Waals surface area contributed by atoms with Gasteiger partial charge in [0.05, 0.1) is 17.4 Å². The molecule has 1 unspecified atom stereocenters. The Morgan fingerprint density at radius 1 is 0.969 bits per heavy atom. The summed E-state index contributed by atoms with van der Waals surface area (Å²) < 4.78 is 38.1. The largest absolute Gasteiger partial charge is 0.416 e. The van der Waals surface area contributed by atoms with Crippen molar-refractivity contribution >= 4 is 28.3 Å². The number of rotatable bonds is 4. The zero-order chi connectivity index (χ0) is 22.9. The van der Waals surface area contributed by atoms with Crippen molar-refractivity contribution in [2.45, 2.75) is 19.2 Å². The zero-order valence-electron chi connectivity index (χ0n) is 17.0. The zero-order valence-corrected chi connectivity index (χ0v) is 17.0. The smallest absolute Gasteiger partial charge is 0.389 e. The Balaban J connectivity index is 1.54. The highest BCUT2D eigenvalue weighted by Gasteiger charge is 2.30. The molecule has 2 amide bonds. The number of nitrogens with one attached hydrogen (secondary N) is 3. The Morgan fingerprint density at radius 3 is 2.38 bits per heavy atom. The van der Waals surface area contributed by atoms with Gasteiger partial charge in [0.25, 0.3) is 0 Å². The maximum absolute atomic E-state index is 12.7. The number of alkyl halides is 3. The molecule has 4 N–H and O–H groups in total. The van der Waals surface area contributed by atoms with Crippen LogP contribution in [0.2, 0.25) is 0 Å². The van der Waals surface area contributed by atoms with Crippen molar-refractivity contribution in [1.82, 2.24) is 4.98 Å². The Bertz CT molecular complexity index is 1260. The van der Waals surface area contributed by atoms with Crippen LogP contribution in [0.5, 0.6) is 0 Å². The first-order valence-electron chi connectivity index (χ1n) is 9.85. The number of aromatic nitrogens is 1. The summed E-state index contributed by atoms with van der Waals surface area (Å²) in [5, 5.41) is 15.9. The molecule has 0 bridgehead atoms. The first-order chi connectivity index (χ1) is 15.2. The Labute approximate surface area is 181 Å². The fraction of sp³-hybridized carbons (Fsp3) is 0.125. The van der Waals surface area contributed by atoms with E-state index in [0.29, 0.717) is 5.69 Å². The van der Waals surface area contributed by atoms with E-state index in [-0.39, 0.29) is 5.69 Å². The third-order valence-corrected chi connectivity index (χ3v) is 5.10. The van der Waals surface area contributed by atoms with Gasteiger partial charge in [0.15, 0.2) is 0 Å². The second-order valence-electron chi connectivity index (χ2n) is 7.42. The standard InChI is InChI=1S/C24H20F3N3O2/c1-14(31)15-3-2-4-16(11-15)17-5-10-21-20(12-17)22(13-28-21)30-23(32)29-19-8-6-18(7-9-19)24(25,26)27/h2-14,28,31H,1H3,(H2,29,30,32). The number of carbonyl (C=O) groups excluding carboxylic acids is 1. The Hall–Kier alpha value is -3.78. The minimum atomic E-state index is -4.43. The van der Waals surface area contributed by atoms with Crippen LogP contribution in [0.25, 0.3) is 22.0 Å². The fourth-order valence-corrected chi connectivity index (χ4v) is 3.41. The Morgan fingerprint density at radius 2 is 1.69 bits per heavy atom. The normalized spacial score (nSPS) is 12.5. The third kappa shape index (κ3) is 4.60. The van der Waals surface area contributed by atoms with Crippen LogP contribution in [0.3, 0.4) is 0 Å². The molecular formula is C24H20F3N3O2. The van der Waals surface area contributed by atoms with E-state index in [9.17, 15) is 23.1 Å². The average molecular weight is 439 g/mol. The molecule has 0 radical (unpaired) electrons. The van der Waals surface area contributed by atoms with Crippen LogP contribution in [-0.4, -0.2) is 16.1 Å². The summed E-state index contributed by atoms with van der Waals surface area (Å²) in [6.07, 6.45) is -3.37. The van der Waals surface area contributed by atoms with E-state index in [0.717, 1.165) is 39.7 Å². The number of aromatic amines is 1. The lowest BCUT2D eigenvalue weighted by Gasteiger charge is -2.10. The number of halogens is 3. The second-order valence-corrected chi connectivity index (χ2v) is 7.42. The molecule has 4 rings (SSSR count). The number of hydrogen-bond donors (Lipinski definition) is 4. The lowest BCUT2D eigenvalue weighted by atomic mass is 10.00. The SMILES string of the molecule is CC(O)c1cccc(-c2ccc3[nH]cc(NC(=O)Nc4ccc(C(F)(F)F)cc4)c3c2)c1. The fourth-order valence-electron chi connectivity index (χ4n) is 3.41. The first kappa shape index (κ1) is 21.5. The van der Waals surface area contributed by atoms with Crippen molar-refractivity contribution in [3.8, 4) is 11.1 Å². The second kappa shape index (κ2) is 8.39. The van der Waals surface area contributed by atoms with E-state index < -0.39 is 23.9 Å². The molecule has 1 atom stereocenters. The molecular weight excluding hydrogens is 419 g/mol. The van der Waals surface area contributed by atoms with Crippen LogP contribution in [0.15, 0.2) is 72.9 Å².